The number of likely N-dealkylation sites (N-methyl/N-ethyl adjacent to an activating group) is 1. The van der Waals surface area contributed by atoms with Crippen molar-refractivity contribution < 1.29 is 23.7 Å². The fourth-order valence-electron chi connectivity index (χ4n) is 3.29. The monoisotopic (exact) mass is 418 g/mol. The van der Waals surface area contributed by atoms with Crippen molar-refractivity contribution in [3.63, 3.8) is 0 Å². The third-order valence-electron chi connectivity index (χ3n) is 4.88. The van der Waals surface area contributed by atoms with Crippen molar-refractivity contribution in [2.24, 2.45) is 0 Å². The van der Waals surface area contributed by atoms with Gasteiger partial charge in [-0.1, -0.05) is 18.2 Å². The average molecular weight is 419 g/mol. The van der Waals surface area contributed by atoms with Gasteiger partial charge >= 0.3 is 0 Å². The molecule has 1 heterocycles. The van der Waals surface area contributed by atoms with Crippen molar-refractivity contribution in [1.29, 1.82) is 0 Å². The minimum Gasteiger partial charge on any atom is -0.492 e. The Hall–Kier alpha value is -2.19. The fraction of sp³-hybridized carbons (Fsp3) is 0.478. The number of hydrogen-bond acceptors (Lipinski definition) is 6. The second-order valence-corrected chi connectivity index (χ2v) is 8.03. The van der Waals surface area contributed by atoms with Gasteiger partial charge in [0.1, 0.15) is 36.1 Å². The minimum absolute atomic E-state index is 0.0333. The molecule has 1 atom stereocenters. The van der Waals surface area contributed by atoms with Crippen LogP contribution >= 0.6 is 0 Å². The molecule has 0 radical (unpaired) electrons. The largest absolute Gasteiger partial charge is 0.492 e. The Bertz CT molecular complexity index is 787. The zero-order valence-electron chi connectivity index (χ0n) is 17.7. The molecule has 1 fully saturated rings. The standard InChI is InChI=1S/C23H31FN2O4/c1-25(2)10-13-29-21-8-6-19(7-9-21)15-26-11-12-28-17-23(27,16-26)18-30-22-5-3-4-20(24)14-22/h3-9,14,27H,10-13,15-18H2,1-2H3/t23-/m0/s1. The highest BCUT2D eigenvalue weighted by Crippen LogP contribution is 2.20. The highest BCUT2D eigenvalue weighted by atomic mass is 19.1. The van der Waals surface area contributed by atoms with Crippen LogP contribution in [0.1, 0.15) is 5.56 Å². The Morgan fingerprint density at radius 1 is 1.13 bits per heavy atom. The summed E-state index contributed by atoms with van der Waals surface area (Å²) in [6.45, 7) is 4.06. The van der Waals surface area contributed by atoms with E-state index in [1.54, 1.807) is 12.1 Å². The Morgan fingerprint density at radius 3 is 2.67 bits per heavy atom. The first-order valence-corrected chi connectivity index (χ1v) is 10.2. The van der Waals surface area contributed by atoms with Crippen LogP contribution in [0.4, 0.5) is 4.39 Å². The van der Waals surface area contributed by atoms with Crippen LogP contribution in [0.5, 0.6) is 11.5 Å². The van der Waals surface area contributed by atoms with E-state index in [2.05, 4.69) is 9.80 Å². The lowest BCUT2D eigenvalue weighted by Crippen LogP contribution is -2.48. The molecule has 6 nitrogen and oxygen atoms in total. The van der Waals surface area contributed by atoms with Crippen LogP contribution in [0.15, 0.2) is 48.5 Å². The number of aliphatic hydroxyl groups is 1. The van der Waals surface area contributed by atoms with Gasteiger partial charge in [-0.3, -0.25) is 4.90 Å². The highest BCUT2D eigenvalue weighted by Gasteiger charge is 2.33. The van der Waals surface area contributed by atoms with E-state index in [0.29, 0.717) is 38.6 Å². The van der Waals surface area contributed by atoms with Crippen LogP contribution in [0.3, 0.4) is 0 Å². The van der Waals surface area contributed by atoms with Crippen LogP contribution in [0.25, 0.3) is 0 Å². The Morgan fingerprint density at radius 2 is 1.93 bits per heavy atom. The normalized spacial score (nSPS) is 20.2. The summed E-state index contributed by atoms with van der Waals surface area (Å²) in [5.41, 5.74) is -0.0387. The van der Waals surface area contributed by atoms with Crippen molar-refractivity contribution in [2.45, 2.75) is 12.1 Å². The zero-order valence-corrected chi connectivity index (χ0v) is 17.7. The van der Waals surface area contributed by atoms with Gasteiger partial charge in [-0.2, -0.15) is 0 Å². The molecule has 1 aliphatic heterocycles. The molecule has 0 amide bonds. The number of ether oxygens (including phenoxy) is 3. The summed E-state index contributed by atoms with van der Waals surface area (Å²) < 4.78 is 30.3. The van der Waals surface area contributed by atoms with E-state index in [-0.39, 0.29) is 19.0 Å². The molecule has 1 saturated heterocycles. The van der Waals surface area contributed by atoms with Gasteiger partial charge in [0.15, 0.2) is 0 Å². The molecule has 0 saturated carbocycles. The number of halogens is 1. The molecular formula is C23H31FN2O4. The first-order chi connectivity index (χ1) is 14.4. The molecule has 164 valence electrons. The van der Waals surface area contributed by atoms with Gasteiger partial charge in [-0.05, 0) is 43.9 Å². The summed E-state index contributed by atoms with van der Waals surface area (Å²) in [7, 11) is 4.03. The lowest BCUT2D eigenvalue weighted by molar-refractivity contribution is -0.0647. The highest BCUT2D eigenvalue weighted by molar-refractivity contribution is 5.27. The van der Waals surface area contributed by atoms with Crippen molar-refractivity contribution in [2.75, 3.05) is 60.2 Å². The first-order valence-electron chi connectivity index (χ1n) is 10.2. The van der Waals surface area contributed by atoms with Crippen LogP contribution < -0.4 is 9.47 Å². The van der Waals surface area contributed by atoms with E-state index < -0.39 is 5.60 Å². The number of nitrogens with zero attached hydrogens (tertiary/aromatic N) is 2. The number of rotatable bonds is 9. The van der Waals surface area contributed by atoms with E-state index in [1.807, 2.05) is 38.4 Å². The molecular weight excluding hydrogens is 387 g/mol. The smallest absolute Gasteiger partial charge is 0.134 e. The molecule has 3 rings (SSSR count). The molecule has 0 unspecified atom stereocenters. The molecule has 2 aromatic rings. The number of hydrogen-bond donors (Lipinski definition) is 1. The Balaban J connectivity index is 1.54. The predicted molar refractivity (Wildman–Crippen MR) is 113 cm³/mol. The van der Waals surface area contributed by atoms with Crippen LogP contribution in [-0.2, 0) is 11.3 Å². The maximum atomic E-state index is 13.3. The zero-order chi connectivity index (χ0) is 21.4. The van der Waals surface area contributed by atoms with Gasteiger partial charge in [-0.15, -0.1) is 0 Å². The van der Waals surface area contributed by atoms with Gasteiger partial charge in [0.2, 0.25) is 0 Å². The summed E-state index contributed by atoms with van der Waals surface area (Å²) in [5, 5.41) is 11.0. The Kier molecular flexibility index (Phi) is 8.04. The molecule has 1 N–H and O–H groups in total. The van der Waals surface area contributed by atoms with Crippen molar-refractivity contribution >= 4 is 0 Å². The van der Waals surface area contributed by atoms with Crippen LogP contribution in [-0.4, -0.2) is 80.7 Å². The fourth-order valence-corrected chi connectivity index (χ4v) is 3.29. The van der Waals surface area contributed by atoms with E-state index in [4.69, 9.17) is 14.2 Å². The second-order valence-electron chi connectivity index (χ2n) is 8.03. The van der Waals surface area contributed by atoms with Crippen LogP contribution in [0, 0.1) is 5.82 Å². The molecule has 0 bridgehead atoms. The van der Waals surface area contributed by atoms with E-state index in [0.717, 1.165) is 17.9 Å². The first kappa shape index (κ1) is 22.5. The molecule has 2 aromatic carbocycles. The van der Waals surface area contributed by atoms with Crippen molar-refractivity contribution in [3.8, 4) is 11.5 Å². The molecule has 0 aromatic heterocycles. The van der Waals surface area contributed by atoms with Gasteiger partial charge in [0.05, 0.1) is 13.2 Å². The summed E-state index contributed by atoms with van der Waals surface area (Å²) in [5.74, 6) is 0.872. The lowest BCUT2D eigenvalue weighted by Gasteiger charge is -2.30. The third-order valence-corrected chi connectivity index (χ3v) is 4.88. The molecule has 7 heteroatoms. The van der Waals surface area contributed by atoms with Crippen LogP contribution in [0.2, 0.25) is 0 Å². The summed E-state index contributed by atoms with van der Waals surface area (Å²) in [6, 6.07) is 13.9. The molecule has 0 aliphatic carbocycles. The van der Waals surface area contributed by atoms with Gasteiger partial charge in [-0.25, -0.2) is 4.39 Å². The quantitative estimate of drug-likeness (QED) is 0.675. The summed E-state index contributed by atoms with van der Waals surface area (Å²) in [6.07, 6.45) is 0. The third kappa shape index (κ3) is 7.25. The minimum atomic E-state index is -1.17. The molecule has 30 heavy (non-hydrogen) atoms. The molecule has 0 spiro atoms. The number of β-amino-alcohol motifs (C(OH)–C–C–N with tert-alkyl or cyclic N) is 1. The van der Waals surface area contributed by atoms with E-state index in [9.17, 15) is 9.50 Å². The van der Waals surface area contributed by atoms with Gasteiger partial charge in [0.25, 0.3) is 0 Å². The van der Waals surface area contributed by atoms with Crippen molar-refractivity contribution in [1.82, 2.24) is 9.80 Å². The van der Waals surface area contributed by atoms with E-state index in [1.165, 1.54) is 12.1 Å². The summed E-state index contributed by atoms with van der Waals surface area (Å²) in [4.78, 5) is 4.22. The number of benzene rings is 2. The maximum absolute atomic E-state index is 13.3. The summed E-state index contributed by atoms with van der Waals surface area (Å²) >= 11 is 0. The van der Waals surface area contributed by atoms with Crippen molar-refractivity contribution in [3.05, 3.63) is 59.9 Å². The van der Waals surface area contributed by atoms with Gasteiger partial charge < -0.3 is 24.2 Å². The molecule has 1 aliphatic rings. The SMILES string of the molecule is CN(C)CCOc1ccc(CN2CCOC[C@](O)(COc3cccc(F)c3)C2)cc1. The average Bonchev–Trinajstić information content (AvgIpc) is 2.89. The topological polar surface area (TPSA) is 54.4 Å². The Labute approximate surface area is 177 Å². The predicted octanol–water partition coefficient (Wildman–Crippen LogP) is 2.41. The second kappa shape index (κ2) is 10.7. The lowest BCUT2D eigenvalue weighted by atomic mass is 10.1. The van der Waals surface area contributed by atoms with Gasteiger partial charge in [0, 0.05) is 32.2 Å². The maximum Gasteiger partial charge on any atom is 0.134 e. The van der Waals surface area contributed by atoms with E-state index >= 15 is 0 Å².